The van der Waals surface area contributed by atoms with Crippen LogP contribution in [0.1, 0.15) is 5.69 Å². The normalized spacial score (nSPS) is 18.6. The topological polar surface area (TPSA) is 86.9 Å². The van der Waals surface area contributed by atoms with E-state index in [1.807, 2.05) is 4.90 Å². The van der Waals surface area contributed by atoms with Gasteiger partial charge >= 0.3 is 0 Å². The Kier molecular flexibility index (Phi) is 3.36. The second kappa shape index (κ2) is 4.63. The minimum absolute atomic E-state index is 0.160. The molecule has 1 fully saturated rings. The largest absolute Gasteiger partial charge is 0.432 e. The molecule has 17 heavy (non-hydrogen) atoms. The van der Waals surface area contributed by atoms with E-state index in [4.69, 9.17) is 9.52 Å². The van der Waals surface area contributed by atoms with Crippen LogP contribution in [0.3, 0.4) is 0 Å². The number of sulfonamides is 1. The van der Waals surface area contributed by atoms with Crippen LogP contribution in [0.15, 0.2) is 10.7 Å². The second-order valence-electron chi connectivity index (χ2n) is 3.93. The van der Waals surface area contributed by atoms with Crippen molar-refractivity contribution in [2.45, 2.75) is 6.61 Å². The molecule has 8 heteroatoms. The first-order valence-electron chi connectivity index (χ1n) is 5.26. The Balaban J connectivity index is 1.99. The number of aliphatic hydroxyl groups excluding tert-OH is 1. The Morgan fingerprint density at radius 1 is 1.41 bits per heavy atom. The summed E-state index contributed by atoms with van der Waals surface area (Å²) >= 11 is 0. The molecule has 1 aromatic heterocycles. The van der Waals surface area contributed by atoms with E-state index in [0.29, 0.717) is 37.9 Å². The van der Waals surface area contributed by atoms with Gasteiger partial charge in [0.05, 0.1) is 12.9 Å². The zero-order chi connectivity index (χ0) is 12.5. The number of anilines is 1. The Labute approximate surface area is 99.7 Å². The first-order chi connectivity index (χ1) is 8.00. The molecule has 0 unspecified atom stereocenters. The maximum atomic E-state index is 11.3. The molecule has 1 N–H and O–H groups in total. The second-order valence-corrected chi connectivity index (χ2v) is 5.91. The van der Waals surface area contributed by atoms with Crippen molar-refractivity contribution in [3.63, 3.8) is 0 Å². The molecule has 0 atom stereocenters. The van der Waals surface area contributed by atoms with Crippen molar-refractivity contribution in [2.24, 2.45) is 0 Å². The van der Waals surface area contributed by atoms with Crippen molar-refractivity contribution in [1.82, 2.24) is 9.29 Å². The molecule has 1 aliphatic heterocycles. The molecule has 0 radical (unpaired) electrons. The van der Waals surface area contributed by atoms with Gasteiger partial charge in [-0.25, -0.2) is 8.42 Å². The minimum Gasteiger partial charge on any atom is -0.432 e. The molecule has 0 aromatic carbocycles. The fourth-order valence-corrected chi connectivity index (χ4v) is 2.55. The molecule has 1 saturated heterocycles. The van der Waals surface area contributed by atoms with Crippen LogP contribution < -0.4 is 4.90 Å². The summed E-state index contributed by atoms with van der Waals surface area (Å²) in [6.07, 6.45) is 2.61. The zero-order valence-electron chi connectivity index (χ0n) is 9.53. The van der Waals surface area contributed by atoms with Gasteiger partial charge in [0, 0.05) is 26.2 Å². The number of hydrogen-bond acceptors (Lipinski definition) is 6. The molecule has 2 heterocycles. The molecule has 7 nitrogen and oxygen atoms in total. The van der Waals surface area contributed by atoms with Crippen molar-refractivity contribution in [3.8, 4) is 0 Å². The minimum atomic E-state index is -3.12. The van der Waals surface area contributed by atoms with Crippen LogP contribution in [0, 0.1) is 0 Å². The summed E-state index contributed by atoms with van der Waals surface area (Å²) in [7, 11) is -3.12. The van der Waals surface area contributed by atoms with Gasteiger partial charge in [-0.1, -0.05) is 0 Å². The van der Waals surface area contributed by atoms with Crippen LogP contribution in [0.4, 0.5) is 6.01 Å². The van der Waals surface area contributed by atoms with Crippen molar-refractivity contribution in [1.29, 1.82) is 0 Å². The first-order valence-corrected chi connectivity index (χ1v) is 7.11. The molecular weight excluding hydrogens is 246 g/mol. The van der Waals surface area contributed by atoms with E-state index < -0.39 is 10.0 Å². The van der Waals surface area contributed by atoms with Crippen LogP contribution in [-0.4, -0.2) is 55.2 Å². The van der Waals surface area contributed by atoms with Crippen molar-refractivity contribution in [2.75, 3.05) is 37.3 Å². The SMILES string of the molecule is CS(=O)(=O)N1CCN(c2nc(CO)co2)CC1. The molecular formula is C9H15N3O4S. The van der Waals surface area contributed by atoms with Gasteiger partial charge in [0.1, 0.15) is 12.0 Å². The van der Waals surface area contributed by atoms with Crippen molar-refractivity contribution < 1.29 is 17.9 Å². The monoisotopic (exact) mass is 261 g/mol. The van der Waals surface area contributed by atoms with Crippen LogP contribution >= 0.6 is 0 Å². The summed E-state index contributed by atoms with van der Waals surface area (Å²) in [6.45, 7) is 1.77. The highest BCUT2D eigenvalue weighted by Crippen LogP contribution is 2.16. The highest BCUT2D eigenvalue weighted by Gasteiger charge is 2.25. The van der Waals surface area contributed by atoms with Gasteiger partial charge < -0.3 is 14.4 Å². The molecule has 96 valence electrons. The Bertz CT molecular complexity index is 476. The number of oxazole rings is 1. The average molecular weight is 261 g/mol. The van der Waals surface area contributed by atoms with Crippen LogP contribution in [-0.2, 0) is 16.6 Å². The summed E-state index contributed by atoms with van der Waals surface area (Å²) < 4.78 is 29.3. The van der Waals surface area contributed by atoms with E-state index in [1.54, 1.807) is 0 Å². The molecule has 1 aromatic rings. The van der Waals surface area contributed by atoms with Crippen LogP contribution in [0.2, 0.25) is 0 Å². The van der Waals surface area contributed by atoms with E-state index in [0.717, 1.165) is 0 Å². The number of hydrogen-bond donors (Lipinski definition) is 1. The summed E-state index contributed by atoms with van der Waals surface area (Å²) in [4.78, 5) is 5.94. The Morgan fingerprint density at radius 2 is 2.06 bits per heavy atom. The van der Waals surface area contributed by atoms with E-state index in [1.165, 1.54) is 16.8 Å². The number of nitrogens with zero attached hydrogens (tertiary/aromatic N) is 3. The smallest absolute Gasteiger partial charge is 0.297 e. The Morgan fingerprint density at radius 3 is 2.53 bits per heavy atom. The molecule has 0 saturated carbocycles. The maximum absolute atomic E-state index is 11.3. The fraction of sp³-hybridized carbons (Fsp3) is 0.667. The predicted molar refractivity (Wildman–Crippen MR) is 61.1 cm³/mol. The standard InChI is InChI=1S/C9H15N3O4S/c1-17(14,15)12-4-2-11(3-5-12)9-10-8(6-13)7-16-9/h7,13H,2-6H2,1H3. The van der Waals surface area contributed by atoms with Crippen LogP contribution in [0.5, 0.6) is 0 Å². The number of rotatable bonds is 3. The van der Waals surface area contributed by atoms with Crippen molar-refractivity contribution >= 4 is 16.0 Å². The fourth-order valence-electron chi connectivity index (χ4n) is 1.73. The third-order valence-corrected chi connectivity index (χ3v) is 3.98. The molecule has 1 aliphatic rings. The molecule has 0 aliphatic carbocycles. The number of aliphatic hydroxyl groups is 1. The van der Waals surface area contributed by atoms with Gasteiger partial charge in [-0.05, 0) is 0 Å². The van der Waals surface area contributed by atoms with E-state index >= 15 is 0 Å². The van der Waals surface area contributed by atoms with Crippen LogP contribution in [0.25, 0.3) is 0 Å². The molecule has 0 spiro atoms. The average Bonchev–Trinajstić information content (AvgIpc) is 2.76. The third kappa shape index (κ3) is 2.76. The van der Waals surface area contributed by atoms with E-state index in [2.05, 4.69) is 4.98 Å². The lowest BCUT2D eigenvalue weighted by Crippen LogP contribution is -2.48. The Hall–Kier alpha value is -1.12. The van der Waals surface area contributed by atoms with Crippen molar-refractivity contribution in [3.05, 3.63) is 12.0 Å². The van der Waals surface area contributed by atoms with E-state index in [-0.39, 0.29) is 6.61 Å². The third-order valence-electron chi connectivity index (χ3n) is 2.68. The quantitative estimate of drug-likeness (QED) is 0.770. The van der Waals surface area contributed by atoms with Gasteiger partial charge in [0.2, 0.25) is 10.0 Å². The number of piperazine rings is 1. The lowest BCUT2D eigenvalue weighted by atomic mass is 10.4. The van der Waals surface area contributed by atoms with Gasteiger partial charge in [-0.2, -0.15) is 9.29 Å². The van der Waals surface area contributed by atoms with E-state index in [9.17, 15) is 8.42 Å². The lowest BCUT2D eigenvalue weighted by Gasteiger charge is -2.32. The highest BCUT2D eigenvalue weighted by molar-refractivity contribution is 7.88. The lowest BCUT2D eigenvalue weighted by molar-refractivity contribution is 0.276. The highest BCUT2D eigenvalue weighted by atomic mass is 32.2. The van der Waals surface area contributed by atoms with Gasteiger partial charge in [-0.15, -0.1) is 0 Å². The van der Waals surface area contributed by atoms with Gasteiger partial charge in [0.15, 0.2) is 0 Å². The zero-order valence-corrected chi connectivity index (χ0v) is 10.4. The summed E-state index contributed by atoms with van der Waals surface area (Å²) in [5.74, 6) is 0. The number of aromatic nitrogens is 1. The summed E-state index contributed by atoms with van der Waals surface area (Å²) in [5, 5.41) is 8.87. The maximum Gasteiger partial charge on any atom is 0.297 e. The molecule has 0 amide bonds. The molecule has 2 rings (SSSR count). The predicted octanol–water partition coefficient (Wildman–Crippen LogP) is -0.751. The first kappa shape index (κ1) is 12.3. The summed E-state index contributed by atoms with van der Waals surface area (Å²) in [5.41, 5.74) is 0.477. The van der Waals surface area contributed by atoms with Gasteiger partial charge in [-0.3, -0.25) is 0 Å². The summed E-state index contributed by atoms with van der Waals surface area (Å²) in [6, 6.07) is 0.433. The van der Waals surface area contributed by atoms with Gasteiger partial charge in [0.25, 0.3) is 6.01 Å². The molecule has 0 bridgehead atoms.